The number of nitrogens with one attached hydrogen (secondary N) is 2. The first-order valence-corrected chi connectivity index (χ1v) is 9.81. The molecule has 2 heterocycles. The first kappa shape index (κ1) is 18.5. The number of hydrogen-bond acceptors (Lipinski definition) is 5. The Balaban J connectivity index is 1.51. The van der Waals surface area contributed by atoms with Crippen LogP contribution in [-0.2, 0) is 6.42 Å². The second-order valence-electron chi connectivity index (χ2n) is 6.14. The summed E-state index contributed by atoms with van der Waals surface area (Å²) in [5, 5.41) is 7.78. The lowest BCUT2D eigenvalue weighted by atomic mass is 10.2. The van der Waals surface area contributed by atoms with Crippen LogP contribution in [0.5, 0.6) is 11.5 Å². The van der Waals surface area contributed by atoms with Crippen molar-refractivity contribution < 1.29 is 9.47 Å². The Kier molecular flexibility index (Phi) is 6.33. The Morgan fingerprint density at radius 1 is 1.27 bits per heavy atom. The number of fused-ring (bicyclic) bond motifs is 1. The van der Waals surface area contributed by atoms with Crippen LogP contribution in [0.15, 0.2) is 29.3 Å². The van der Waals surface area contributed by atoms with E-state index in [1.807, 2.05) is 31.2 Å². The smallest absolute Gasteiger partial charge is 0.191 e. The van der Waals surface area contributed by atoms with Gasteiger partial charge in [0.1, 0.15) is 6.61 Å². The number of aliphatic imine (C=N–C) groups is 1. The molecule has 1 aromatic heterocycles. The molecule has 26 heavy (non-hydrogen) atoms. The van der Waals surface area contributed by atoms with E-state index < -0.39 is 0 Å². The summed E-state index contributed by atoms with van der Waals surface area (Å²) in [5.41, 5.74) is 1.13. The zero-order chi connectivity index (χ0) is 18.4. The van der Waals surface area contributed by atoms with E-state index in [1.165, 1.54) is 4.88 Å². The van der Waals surface area contributed by atoms with Gasteiger partial charge < -0.3 is 20.1 Å². The third kappa shape index (κ3) is 4.88. The van der Waals surface area contributed by atoms with Gasteiger partial charge in [-0.2, -0.15) is 0 Å². The van der Waals surface area contributed by atoms with Crippen molar-refractivity contribution in [2.45, 2.75) is 33.3 Å². The Bertz CT molecular complexity index is 760. The molecule has 1 aromatic carbocycles. The van der Waals surface area contributed by atoms with E-state index in [4.69, 9.17) is 9.47 Å². The van der Waals surface area contributed by atoms with Crippen LogP contribution in [0.4, 0.5) is 0 Å². The molecule has 1 unspecified atom stereocenters. The van der Waals surface area contributed by atoms with E-state index in [0.717, 1.165) is 47.7 Å². The molecule has 0 saturated heterocycles. The van der Waals surface area contributed by atoms with E-state index in [0.29, 0.717) is 13.2 Å². The van der Waals surface area contributed by atoms with Crippen molar-refractivity contribution >= 4 is 17.3 Å². The summed E-state index contributed by atoms with van der Waals surface area (Å²) >= 11 is 1.76. The van der Waals surface area contributed by atoms with Crippen molar-refractivity contribution in [1.82, 2.24) is 15.6 Å². The maximum absolute atomic E-state index is 5.96. The summed E-state index contributed by atoms with van der Waals surface area (Å²) in [5.74, 6) is 2.38. The molecule has 7 heteroatoms. The monoisotopic (exact) mass is 374 g/mol. The molecule has 0 bridgehead atoms. The predicted octanol–water partition coefficient (Wildman–Crippen LogP) is 2.70. The molecule has 2 N–H and O–H groups in total. The number of benzene rings is 1. The van der Waals surface area contributed by atoms with Gasteiger partial charge in [-0.15, -0.1) is 11.3 Å². The molecular formula is C19H26N4O2S. The average Bonchev–Trinajstić information content (AvgIpc) is 2.96. The van der Waals surface area contributed by atoms with Crippen molar-refractivity contribution in [3.05, 3.63) is 39.8 Å². The second kappa shape index (κ2) is 8.89. The van der Waals surface area contributed by atoms with Gasteiger partial charge in [-0.1, -0.05) is 12.1 Å². The summed E-state index contributed by atoms with van der Waals surface area (Å²) in [7, 11) is 0. The molecule has 0 fully saturated rings. The molecule has 0 saturated carbocycles. The molecule has 3 rings (SSSR count). The number of hydrogen-bond donors (Lipinski definition) is 2. The van der Waals surface area contributed by atoms with Crippen LogP contribution in [0.2, 0.25) is 0 Å². The van der Waals surface area contributed by atoms with Crippen LogP contribution in [0.25, 0.3) is 0 Å². The molecule has 0 spiro atoms. The lowest BCUT2D eigenvalue weighted by molar-refractivity contribution is 0.0971. The maximum Gasteiger partial charge on any atom is 0.191 e. The van der Waals surface area contributed by atoms with Crippen LogP contribution >= 0.6 is 11.3 Å². The minimum atomic E-state index is -0.0771. The van der Waals surface area contributed by atoms with Gasteiger partial charge in [0.2, 0.25) is 0 Å². The highest BCUT2D eigenvalue weighted by molar-refractivity contribution is 7.11. The number of aryl methyl sites for hydroxylation is 2. The topological polar surface area (TPSA) is 67.8 Å². The summed E-state index contributed by atoms with van der Waals surface area (Å²) < 4.78 is 11.7. The first-order valence-electron chi connectivity index (χ1n) is 8.99. The van der Waals surface area contributed by atoms with Gasteiger partial charge in [-0.05, 0) is 32.9 Å². The lowest BCUT2D eigenvalue weighted by Gasteiger charge is -2.25. The number of guanidine groups is 1. The van der Waals surface area contributed by atoms with Gasteiger partial charge in [0, 0.05) is 24.4 Å². The van der Waals surface area contributed by atoms with E-state index in [9.17, 15) is 0 Å². The molecule has 1 aliphatic rings. The van der Waals surface area contributed by atoms with E-state index >= 15 is 0 Å². The number of nitrogens with zero attached hydrogens (tertiary/aromatic N) is 2. The fraction of sp³-hybridized carbons (Fsp3) is 0.474. The molecule has 0 amide bonds. The Labute approximate surface area is 158 Å². The van der Waals surface area contributed by atoms with E-state index in [-0.39, 0.29) is 6.10 Å². The van der Waals surface area contributed by atoms with Gasteiger partial charge in [0.15, 0.2) is 23.6 Å². The largest absolute Gasteiger partial charge is 0.486 e. The zero-order valence-corrected chi connectivity index (χ0v) is 16.4. The van der Waals surface area contributed by atoms with Gasteiger partial charge in [0.05, 0.1) is 17.2 Å². The number of ether oxygens (including phenoxy) is 2. The van der Waals surface area contributed by atoms with Gasteiger partial charge in [0.25, 0.3) is 0 Å². The molecule has 1 atom stereocenters. The van der Waals surface area contributed by atoms with Crippen molar-refractivity contribution in [3.8, 4) is 11.5 Å². The fourth-order valence-corrected chi connectivity index (χ4v) is 3.72. The fourth-order valence-electron chi connectivity index (χ4n) is 2.79. The van der Waals surface area contributed by atoms with Crippen LogP contribution in [-0.4, -0.2) is 43.3 Å². The lowest BCUT2D eigenvalue weighted by Crippen LogP contribution is -2.40. The molecule has 6 nitrogen and oxygen atoms in total. The molecule has 1 aliphatic heterocycles. The summed E-state index contributed by atoms with van der Waals surface area (Å²) in [6, 6.07) is 7.74. The third-order valence-corrected chi connectivity index (χ3v) is 5.14. The second-order valence-corrected chi connectivity index (χ2v) is 7.42. The van der Waals surface area contributed by atoms with Gasteiger partial charge in [-0.25, -0.2) is 9.98 Å². The Morgan fingerprint density at radius 2 is 2.08 bits per heavy atom. The van der Waals surface area contributed by atoms with E-state index in [1.54, 1.807) is 11.3 Å². The first-order chi connectivity index (χ1) is 12.7. The quantitative estimate of drug-likeness (QED) is 0.601. The zero-order valence-electron chi connectivity index (χ0n) is 15.5. The Morgan fingerprint density at radius 3 is 2.81 bits per heavy atom. The van der Waals surface area contributed by atoms with Crippen molar-refractivity contribution in [1.29, 1.82) is 0 Å². The van der Waals surface area contributed by atoms with Crippen LogP contribution in [0, 0.1) is 13.8 Å². The van der Waals surface area contributed by atoms with Crippen LogP contribution < -0.4 is 20.1 Å². The molecule has 0 radical (unpaired) electrons. The molecular weight excluding hydrogens is 348 g/mol. The summed E-state index contributed by atoms with van der Waals surface area (Å²) in [4.78, 5) is 10.4. The van der Waals surface area contributed by atoms with Crippen LogP contribution in [0.1, 0.15) is 22.5 Å². The van der Waals surface area contributed by atoms with Gasteiger partial charge in [-0.3, -0.25) is 0 Å². The highest BCUT2D eigenvalue weighted by Crippen LogP contribution is 2.30. The normalized spacial score (nSPS) is 16.4. The number of thiazole rings is 1. The van der Waals surface area contributed by atoms with Crippen LogP contribution in [0.3, 0.4) is 0 Å². The average molecular weight is 375 g/mol. The third-order valence-electron chi connectivity index (χ3n) is 4.01. The van der Waals surface area contributed by atoms with Gasteiger partial charge >= 0.3 is 0 Å². The maximum atomic E-state index is 5.96. The number of para-hydroxylation sites is 2. The Hall–Kier alpha value is -2.28. The molecule has 0 aliphatic carbocycles. The summed E-state index contributed by atoms with van der Waals surface area (Å²) in [6.07, 6.45) is 0.866. The minimum Gasteiger partial charge on any atom is -0.486 e. The SMILES string of the molecule is CCNC(=NCC1COc2ccccc2O1)NCCc1sc(C)nc1C. The summed E-state index contributed by atoms with van der Waals surface area (Å²) in [6.45, 7) is 8.86. The van der Waals surface area contributed by atoms with Crippen molar-refractivity contribution in [2.24, 2.45) is 4.99 Å². The minimum absolute atomic E-state index is 0.0771. The predicted molar refractivity (Wildman–Crippen MR) is 106 cm³/mol. The van der Waals surface area contributed by atoms with E-state index in [2.05, 4.69) is 34.5 Å². The molecule has 2 aromatic rings. The number of aromatic nitrogens is 1. The highest BCUT2D eigenvalue weighted by Gasteiger charge is 2.20. The highest BCUT2D eigenvalue weighted by atomic mass is 32.1. The van der Waals surface area contributed by atoms with Crippen molar-refractivity contribution in [2.75, 3.05) is 26.2 Å². The number of rotatable bonds is 6. The standard InChI is InChI=1S/C19H26N4O2S/c1-4-20-19(21-10-9-18-13(2)23-14(3)26-18)22-11-15-12-24-16-7-5-6-8-17(16)25-15/h5-8,15H,4,9-12H2,1-3H3,(H2,20,21,22). The molecule has 140 valence electrons. The van der Waals surface area contributed by atoms with Crippen molar-refractivity contribution in [3.63, 3.8) is 0 Å².